The lowest BCUT2D eigenvalue weighted by Gasteiger charge is -2.28. The van der Waals surface area contributed by atoms with Crippen molar-refractivity contribution in [2.24, 2.45) is 0 Å². The zero-order chi connectivity index (χ0) is 20.8. The van der Waals surface area contributed by atoms with Crippen molar-refractivity contribution in [2.75, 3.05) is 46.0 Å². The largest absolute Gasteiger partial charge is 0.494 e. The summed E-state index contributed by atoms with van der Waals surface area (Å²) in [6, 6.07) is 7.48. The van der Waals surface area contributed by atoms with Crippen LogP contribution in [-0.2, 0) is 14.3 Å². The monoisotopic (exact) mass is 418 g/mol. The van der Waals surface area contributed by atoms with Crippen molar-refractivity contribution in [1.82, 2.24) is 9.80 Å². The third-order valence-corrected chi connectivity index (χ3v) is 5.92. The van der Waals surface area contributed by atoms with E-state index in [0.717, 1.165) is 30.8 Å². The average Bonchev–Trinajstić information content (AvgIpc) is 2.95. The molecule has 0 atom stereocenters. The fourth-order valence-corrected chi connectivity index (χ4v) is 4.37. The van der Waals surface area contributed by atoms with Gasteiger partial charge >= 0.3 is 0 Å². The van der Waals surface area contributed by atoms with Gasteiger partial charge in [-0.1, -0.05) is 32.9 Å². The second-order valence-corrected chi connectivity index (χ2v) is 9.05. The van der Waals surface area contributed by atoms with Crippen LogP contribution in [-0.4, -0.2) is 72.9 Å². The fraction of sp³-hybridized carbons (Fsp3) is 0.545. The molecule has 1 aromatic carbocycles. The van der Waals surface area contributed by atoms with E-state index in [4.69, 9.17) is 9.47 Å². The molecule has 1 aromatic rings. The number of imide groups is 1. The van der Waals surface area contributed by atoms with E-state index in [-0.39, 0.29) is 17.1 Å². The molecular weight excluding hydrogens is 388 g/mol. The number of hydrogen-bond acceptors (Lipinski definition) is 6. The summed E-state index contributed by atoms with van der Waals surface area (Å²) in [5.74, 6) is 0.395. The van der Waals surface area contributed by atoms with Crippen molar-refractivity contribution < 1.29 is 19.1 Å². The third-order valence-electron chi connectivity index (χ3n) is 4.84. The second-order valence-electron chi connectivity index (χ2n) is 7.46. The van der Waals surface area contributed by atoms with Crippen molar-refractivity contribution in [3.8, 4) is 5.75 Å². The van der Waals surface area contributed by atoms with E-state index in [0.29, 0.717) is 43.4 Å². The minimum absolute atomic E-state index is 0.178. The minimum atomic E-state index is -0.200. The first kappa shape index (κ1) is 21.9. The van der Waals surface area contributed by atoms with Crippen molar-refractivity contribution in [2.45, 2.75) is 32.4 Å². The first-order chi connectivity index (χ1) is 14.0. The van der Waals surface area contributed by atoms with Gasteiger partial charge in [-0.2, -0.15) is 0 Å². The summed E-state index contributed by atoms with van der Waals surface area (Å²) in [6.07, 6.45) is 0.938. The van der Waals surface area contributed by atoms with Crippen LogP contribution in [0.3, 0.4) is 0 Å². The van der Waals surface area contributed by atoms with Gasteiger partial charge in [-0.15, -0.1) is 11.8 Å². The van der Waals surface area contributed by atoms with Crippen LogP contribution in [0, 0.1) is 0 Å². The predicted octanol–water partition coefficient (Wildman–Crippen LogP) is 3.03. The zero-order valence-electron chi connectivity index (χ0n) is 17.5. The Hall–Kier alpha value is -1.83. The van der Waals surface area contributed by atoms with Crippen LogP contribution in [0.25, 0.3) is 5.57 Å². The minimum Gasteiger partial charge on any atom is -0.494 e. The van der Waals surface area contributed by atoms with Gasteiger partial charge in [-0.25, -0.2) is 0 Å². The molecule has 6 nitrogen and oxygen atoms in total. The molecular formula is C22H30N2O4S. The number of benzene rings is 1. The van der Waals surface area contributed by atoms with Crippen molar-refractivity contribution in [1.29, 1.82) is 0 Å². The molecule has 3 rings (SSSR count). The third kappa shape index (κ3) is 5.41. The Balaban J connectivity index is 1.78. The fourth-order valence-electron chi connectivity index (χ4n) is 3.36. The molecule has 0 aromatic heterocycles. The first-order valence-electron chi connectivity index (χ1n) is 10.3. The van der Waals surface area contributed by atoms with Gasteiger partial charge in [0.25, 0.3) is 11.8 Å². The van der Waals surface area contributed by atoms with E-state index in [1.165, 1.54) is 16.7 Å². The number of morpholine rings is 1. The molecule has 7 heteroatoms. The smallest absolute Gasteiger partial charge is 0.268 e. The van der Waals surface area contributed by atoms with Gasteiger partial charge in [0.1, 0.15) is 5.75 Å². The Morgan fingerprint density at radius 3 is 2.38 bits per heavy atom. The summed E-state index contributed by atoms with van der Waals surface area (Å²) in [5.41, 5.74) is 1.28. The summed E-state index contributed by atoms with van der Waals surface area (Å²) in [4.78, 5) is 30.5. The van der Waals surface area contributed by atoms with Crippen molar-refractivity contribution in [3.05, 3.63) is 34.7 Å². The number of nitrogens with zero attached hydrogens (tertiary/aromatic N) is 2. The highest BCUT2D eigenvalue weighted by molar-refractivity contribution is 8.04. The molecule has 1 saturated heterocycles. The molecule has 29 heavy (non-hydrogen) atoms. The molecule has 1 fully saturated rings. The number of carbonyl (C=O) groups excluding carboxylic acids is 2. The normalized spacial score (nSPS) is 18.3. The molecule has 2 aliphatic heterocycles. The highest BCUT2D eigenvalue weighted by Crippen LogP contribution is 2.38. The van der Waals surface area contributed by atoms with E-state index in [2.05, 4.69) is 11.8 Å². The lowest BCUT2D eigenvalue weighted by atomic mass is 10.1. The Bertz CT molecular complexity index is 755. The topological polar surface area (TPSA) is 59.1 Å². The quantitative estimate of drug-likeness (QED) is 0.575. The number of ether oxygens (including phenoxy) is 2. The highest BCUT2D eigenvalue weighted by Gasteiger charge is 2.39. The van der Waals surface area contributed by atoms with E-state index in [1.807, 2.05) is 38.1 Å². The van der Waals surface area contributed by atoms with E-state index in [1.54, 1.807) is 0 Å². The predicted molar refractivity (Wildman–Crippen MR) is 116 cm³/mol. The van der Waals surface area contributed by atoms with Gasteiger partial charge in [-0.05, 0) is 24.1 Å². The van der Waals surface area contributed by atoms with Crippen molar-refractivity contribution >= 4 is 29.1 Å². The zero-order valence-corrected chi connectivity index (χ0v) is 18.3. The van der Waals surface area contributed by atoms with Gasteiger partial charge in [0.05, 0.1) is 30.3 Å². The summed E-state index contributed by atoms with van der Waals surface area (Å²) in [6.45, 7) is 10.9. The average molecular weight is 419 g/mol. The maximum atomic E-state index is 13.2. The van der Waals surface area contributed by atoms with Crippen LogP contribution in [0.2, 0.25) is 0 Å². The lowest BCUT2D eigenvalue weighted by Crippen LogP contribution is -2.43. The van der Waals surface area contributed by atoms with Gasteiger partial charge in [0.15, 0.2) is 0 Å². The van der Waals surface area contributed by atoms with Crippen molar-refractivity contribution in [3.63, 3.8) is 0 Å². The lowest BCUT2D eigenvalue weighted by molar-refractivity contribution is -0.136. The number of amides is 2. The summed E-state index contributed by atoms with van der Waals surface area (Å²) >= 11 is 1.46. The number of rotatable bonds is 9. The van der Waals surface area contributed by atoms with E-state index in [9.17, 15) is 9.59 Å². The Labute approximate surface area is 177 Å². The SMILES string of the molecule is CCCOc1ccc(C2=C(SC(C)C)C(=O)N(CCN3CCOCC3)C2=O)cc1. The number of hydrogen-bond donors (Lipinski definition) is 0. The van der Waals surface area contributed by atoms with Crippen LogP contribution in [0.4, 0.5) is 0 Å². The summed E-state index contributed by atoms with van der Waals surface area (Å²) in [7, 11) is 0. The molecule has 0 saturated carbocycles. The maximum absolute atomic E-state index is 13.2. The molecule has 0 aliphatic carbocycles. The van der Waals surface area contributed by atoms with Gasteiger partial charge in [0.2, 0.25) is 0 Å². The molecule has 0 radical (unpaired) electrons. The summed E-state index contributed by atoms with van der Waals surface area (Å²) in [5, 5.41) is 0.211. The van der Waals surface area contributed by atoms with Crippen LogP contribution in [0.5, 0.6) is 5.75 Å². The number of carbonyl (C=O) groups is 2. The molecule has 2 aliphatic rings. The van der Waals surface area contributed by atoms with Crippen LogP contribution in [0.1, 0.15) is 32.8 Å². The van der Waals surface area contributed by atoms with Crippen LogP contribution >= 0.6 is 11.8 Å². The van der Waals surface area contributed by atoms with Gasteiger partial charge in [0, 0.05) is 31.4 Å². The van der Waals surface area contributed by atoms with Gasteiger partial charge < -0.3 is 9.47 Å². The van der Waals surface area contributed by atoms with Crippen LogP contribution < -0.4 is 4.74 Å². The maximum Gasteiger partial charge on any atom is 0.268 e. The molecule has 0 spiro atoms. The Morgan fingerprint density at radius 2 is 1.76 bits per heavy atom. The molecule has 158 valence electrons. The standard InChI is InChI=1S/C22H30N2O4S/c1-4-13-28-18-7-5-17(6-8-18)19-20(29-16(2)3)22(26)24(21(19)25)10-9-23-11-14-27-15-12-23/h5-8,16H,4,9-15H2,1-3H3. The molecule has 2 amide bonds. The van der Waals surface area contributed by atoms with Gasteiger partial charge in [-0.3, -0.25) is 19.4 Å². The molecule has 2 heterocycles. The Kier molecular flexibility index (Phi) is 7.75. The van der Waals surface area contributed by atoms with E-state index >= 15 is 0 Å². The Morgan fingerprint density at radius 1 is 1.07 bits per heavy atom. The molecule has 0 unspecified atom stereocenters. The summed E-state index contributed by atoms with van der Waals surface area (Å²) < 4.78 is 11.0. The van der Waals surface area contributed by atoms with E-state index < -0.39 is 0 Å². The number of thioether (sulfide) groups is 1. The second kappa shape index (κ2) is 10.3. The molecule has 0 bridgehead atoms. The van der Waals surface area contributed by atoms with Crippen LogP contribution in [0.15, 0.2) is 29.2 Å². The first-order valence-corrected chi connectivity index (χ1v) is 11.2. The highest BCUT2D eigenvalue weighted by atomic mass is 32.2. The molecule has 0 N–H and O–H groups in total.